The Morgan fingerprint density at radius 2 is 1.59 bits per heavy atom. The maximum absolute atomic E-state index is 3.84. The summed E-state index contributed by atoms with van der Waals surface area (Å²) in [5, 5.41) is 3.84. The van der Waals surface area contributed by atoms with Crippen LogP contribution in [0.15, 0.2) is 0 Å². The molecule has 0 aliphatic heterocycles. The molecule has 1 heteroatoms. The van der Waals surface area contributed by atoms with Gasteiger partial charge in [0.1, 0.15) is 0 Å². The quantitative estimate of drug-likeness (QED) is 0.706. The lowest BCUT2D eigenvalue weighted by atomic mass is 9.89. The molecule has 0 aromatic heterocycles. The van der Waals surface area contributed by atoms with Crippen LogP contribution >= 0.6 is 0 Å². The lowest BCUT2D eigenvalue weighted by molar-refractivity contribution is 0.334. The van der Waals surface area contributed by atoms with Crippen LogP contribution < -0.4 is 5.32 Å². The van der Waals surface area contributed by atoms with Gasteiger partial charge in [-0.25, -0.2) is 0 Å². The van der Waals surface area contributed by atoms with Gasteiger partial charge in [-0.15, -0.1) is 0 Å². The van der Waals surface area contributed by atoms with Crippen LogP contribution in [0.1, 0.15) is 65.7 Å². The first kappa shape index (κ1) is 13.4. The van der Waals surface area contributed by atoms with Gasteiger partial charge in [-0.3, -0.25) is 0 Å². The first-order valence-electron chi connectivity index (χ1n) is 7.90. The number of hydrogen-bond donors (Lipinski definition) is 1. The van der Waals surface area contributed by atoms with Crippen molar-refractivity contribution in [3.05, 3.63) is 0 Å². The summed E-state index contributed by atoms with van der Waals surface area (Å²) in [7, 11) is 0. The molecule has 0 saturated heterocycles. The maximum atomic E-state index is 3.84. The molecular formula is C16H31N. The van der Waals surface area contributed by atoms with Crippen LogP contribution in [0.2, 0.25) is 0 Å². The van der Waals surface area contributed by atoms with E-state index in [9.17, 15) is 0 Å². The van der Waals surface area contributed by atoms with E-state index >= 15 is 0 Å². The fourth-order valence-electron chi connectivity index (χ4n) is 3.39. The summed E-state index contributed by atoms with van der Waals surface area (Å²) in [4.78, 5) is 0. The fraction of sp³-hybridized carbons (Fsp3) is 1.00. The van der Waals surface area contributed by atoms with E-state index in [1.54, 1.807) is 0 Å². The highest BCUT2D eigenvalue weighted by atomic mass is 14.9. The van der Waals surface area contributed by atoms with Crippen molar-refractivity contribution >= 4 is 0 Å². The molecule has 2 aliphatic rings. The zero-order valence-electron chi connectivity index (χ0n) is 12.0. The SMILES string of the molecule is CC(C)C1CCCC(NCC(C)C2CC2)CC1. The van der Waals surface area contributed by atoms with Gasteiger partial charge in [-0.2, -0.15) is 0 Å². The molecule has 3 unspecified atom stereocenters. The highest BCUT2D eigenvalue weighted by molar-refractivity contribution is 4.82. The molecule has 0 aromatic rings. The molecule has 2 fully saturated rings. The standard InChI is InChI=1S/C16H31N/c1-12(2)14-5-4-6-16(10-9-14)17-11-13(3)15-7-8-15/h12-17H,4-11H2,1-3H3. The van der Waals surface area contributed by atoms with Gasteiger partial charge in [0.2, 0.25) is 0 Å². The maximum Gasteiger partial charge on any atom is 0.00672 e. The van der Waals surface area contributed by atoms with Gasteiger partial charge in [-0.1, -0.05) is 33.6 Å². The fourth-order valence-corrected chi connectivity index (χ4v) is 3.39. The highest BCUT2D eigenvalue weighted by Gasteiger charge is 2.28. The van der Waals surface area contributed by atoms with Gasteiger partial charge >= 0.3 is 0 Å². The summed E-state index contributed by atoms with van der Waals surface area (Å²) in [6, 6.07) is 0.819. The zero-order chi connectivity index (χ0) is 12.3. The minimum absolute atomic E-state index is 0.819. The highest BCUT2D eigenvalue weighted by Crippen LogP contribution is 2.36. The van der Waals surface area contributed by atoms with Gasteiger partial charge in [0.05, 0.1) is 0 Å². The lowest BCUT2D eigenvalue weighted by Crippen LogP contribution is -2.33. The Morgan fingerprint density at radius 3 is 2.24 bits per heavy atom. The Balaban J connectivity index is 1.67. The van der Waals surface area contributed by atoms with Gasteiger partial charge in [0, 0.05) is 6.04 Å². The van der Waals surface area contributed by atoms with Crippen LogP contribution in [0, 0.1) is 23.7 Å². The van der Waals surface area contributed by atoms with Crippen molar-refractivity contribution in [3.63, 3.8) is 0 Å². The summed E-state index contributed by atoms with van der Waals surface area (Å²) in [5.41, 5.74) is 0. The monoisotopic (exact) mass is 237 g/mol. The summed E-state index contributed by atoms with van der Waals surface area (Å²) < 4.78 is 0. The third-order valence-corrected chi connectivity index (χ3v) is 5.11. The topological polar surface area (TPSA) is 12.0 Å². The van der Waals surface area contributed by atoms with Crippen molar-refractivity contribution in [2.45, 2.75) is 71.8 Å². The normalized spacial score (nSPS) is 32.5. The number of rotatable bonds is 5. The molecule has 1 N–H and O–H groups in total. The first-order valence-corrected chi connectivity index (χ1v) is 7.90. The largest absolute Gasteiger partial charge is 0.314 e. The van der Waals surface area contributed by atoms with Crippen molar-refractivity contribution < 1.29 is 0 Å². The van der Waals surface area contributed by atoms with Crippen molar-refractivity contribution in [1.29, 1.82) is 0 Å². The predicted molar refractivity (Wildman–Crippen MR) is 75.1 cm³/mol. The van der Waals surface area contributed by atoms with E-state index in [4.69, 9.17) is 0 Å². The van der Waals surface area contributed by atoms with E-state index in [1.165, 1.54) is 51.5 Å². The molecule has 0 bridgehead atoms. The van der Waals surface area contributed by atoms with Crippen LogP contribution in [0.5, 0.6) is 0 Å². The molecule has 0 aromatic carbocycles. The second kappa shape index (κ2) is 6.22. The Labute approximate surface area is 108 Å². The van der Waals surface area contributed by atoms with Gasteiger partial charge < -0.3 is 5.32 Å². The Kier molecular flexibility index (Phi) is 4.90. The third kappa shape index (κ3) is 4.28. The smallest absolute Gasteiger partial charge is 0.00672 e. The van der Waals surface area contributed by atoms with Crippen molar-refractivity contribution in [1.82, 2.24) is 5.32 Å². The summed E-state index contributed by atoms with van der Waals surface area (Å²) in [6.07, 6.45) is 10.2. The van der Waals surface area contributed by atoms with Crippen LogP contribution in [-0.4, -0.2) is 12.6 Å². The Hall–Kier alpha value is -0.0400. The van der Waals surface area contributed by atoms with Crippen LogP contribution in [-0.2, 0) is 0 Å². The van der Waals surface area contributed by atoms with Crippen LogP contribution in [0.4, 0.5) is 0 Å². The minimum atomic E-state index is 0.819. The average molecular weight is 237 g/mol. The third-order valence-electron chi connectivity index (χ3n) is 5.11. The minimum Gasteiger partial charge on any atom is -0.314 e. The molecule has 3 atom stereocenters. The predicted octanol–water partition coefficient (Wildman–Crippen LogP) is 4.23. The molecular weight excluding hydrogens is 206 g/mol. The van der Waals surface area contributed by atoms with Gasteiger partial charge in [-0.05, 0) is 62.3 Å². The van der Waals surface area contributed by atoms with E-state index in [-0.39, 0.29) is 0 Å². The number of nitrogens with one attached hydrogen (secondary N) is 1. The van der Waals surface area contributed by atoms with Gasteiger partial charge in [0.25, 0.3) is 0 Å². The number of hydrogen-bond acceptors (Lipinski definition) is 1. The van der Waals surface area contributed by atoms with Crippen molar-refractivity contribution in [2.75, 3.05) is 6.54 Å². The molecule has 1 nitrogen and oxygen atoms in total. The second-order valence-electron chi connectivity index (χ2n) is 6.93. The lowest BCUT2D eigenvalue weighted by Gasteiger charge is -2.20. The zero-order valence-corrected chi connectivity index (χ0v) is 12.0. The van der Waals surface area contributed by atoms with Crippen molar-refractivity contribution in [3.8, 4) is 0 Å². The molecule has 2 aliphatic carbocycles. The average Bonchev–Trinajstić information content (AvgIpc) is 3.12. The molecule has 2 rings (SSSR count). The molecule has 17 heavy (non-hydrogen) atoms. The van der Waals surface area contributed by atoms with E-state index < -0.39 is 0 Å². The molecule has 0 heterocycles. The molecule has 0 spiro atoms. The molecule has 0 amide bonds. The summed E-state index contributed by atoms with van der Waals surface area (Å²) in [6.45, 7) is 8.49. The Morgan fingerprint density at radius 1 is 0.882 bits per heavy atom. The van der Waals surface area contributed by atoms with E-state index in [2.05, 4.69) is 26.1 Å². The van der Waals surface area contributed by atoms with Crippen molar-refractivity contribution in [2.24, 2.45) is 23.7 Å². The van der Waals surface area contributed by atoms with Crippen LogP contribution in [0.25, 0.3) is 0 Å². The van der Waals surface area contributed by atoms with Crippen LogP contribution in [0.3, 0.4) is 0 Å². The Bertz CT molecular complexity index is 220. The van der Waals surface area contributed by atoms with E-state index in [0.29, 0.717) is 0 Å². The molecule has 100 valence electrons. The molecule has 2 saturated carbocycles. The van der Waals surface area contributed by atoms with E-state index in [1.807, 2.05) is 0 Å². The van der Waals surface area contributed by atoms with Gasteiger partial charge in [0.15, 0.2) is 0 Å². The van der Waals surface area contributed by atoms with E-state index in [0.717, 1.165) is 29.7 Å². The second-order valence-corrected chi connectivity index (χ2v) is 6.93. The first-order chi connectivity index (χ1) is 8.16. The summed E-state index contributed by atoms with van der Waals surface area (Å²) in [5.74, 6) is 3.85. The molecule has 0 radical (unpaired) electrons. The summed E-state index contributed by atoms with van der Waals surface area (Å²) >= 11 is 0.